The highest BCUT2D eigenvalue weighted by Crippen LogP contribution is 2.34. The second-order valence-electron chi connectivity index (χ2n) is 5.69. The highest BCUT2D eigenvalue weighted by atomic mass is 32.2. The van der Waals surface area contributed by atoms with E-state index >= 15 is 0 Å². The second-order valence-corrected chi connectivity index (χ2v) is 7.31. The lowest BCUT2D eigenvalue weighted by Gasteiger charge is -2.13. The van der Waals surface area contributed by atoms with Crippen LogP contribution in [0.4, 0.5) is 0 Å². The van der Waals surface area contributed by atoms with Crippen LogP contribution in [-0.4, -0.2) is 39.8 Å². The van der Waals surface area contributed by atoms with Gasteiger partial charge in [0, 0.05) is 25.9 Å². The molecule has 124 valence electrons. The molecule has 0 aliphatic rings. The largest absolute Gasteiger partial charge is 0.497 e. The first-order valence-electron chi connectivity index (χ1n) is 7.52. The summed E-state index contributed by atoms with van der Waals surface area (Å²) >= 11 is 7.04. The minimum absolute atomic E-state index is 0.793. The van der Waals surface area contributed by atoms with Crippen molar-refractivity contribution in [1.29, 1.82) is 0 Å². The van der Waals surface area contributed by atoms with E-state index in [2.05, 4.69) is 23.5 Å². The predicted molar refractivity (Wildman–Crippen MR) is 104 cm³/mol. The molecule has 0 spiro atoms. The summed E-state index contributed by atoms with van der Waals surface area (Å²) in [6.07, 6.45) is 2.04. The molecule has 3 aromatic rings. The molecule has 0 radical (unpaired) electrons. The first kappa shape index (κ1) is 16.8. The first-order valence-corrected chi connectivity index (χ1v) is 8.74. The van der Waals surface area contributed by atoms with Gasteiger partial charge in [-0.15, -0.1) is 0 Å². The fraction of sp³-hybridized carbons (Fsp3) is 0.222. The number of aromatic nitrogens is 2. The standard InChI is InChI=1S/C18H19N3OS2/c1-12-8-9-21-15(10-12)19-16(17(21)24-18(23)20(2)3)13-6-5-7-14(11-13)22-4/h5-11H,1-4H3. The number of imidazole rings is 1. The van der Waals surface area contributed by atoms with Crippen molar-refractivity contribution in [1.82, 2.24) is 14.3 Å². The molecule has 0 bridgehead atoms. The Morgan fingerprint density at radius 3 is 2.75 bits per heavy atom. The zero-order valence-electron chi connectivity index (χ0n) is 14.1. The molecule has 1 aromatic carbocycles. The van der Waals surface area contributed by atoms with E-state index in [1.165, 1.54) is 5.56 Å². The van der Waals surface area contributed by atoms with E-state index in [0.29, 0.717) is 0 Å². The molecule has 24 heavy (non-hydrogen) atoms. The molecule has 0 unspecified atom stereocenters. The van der Waals surface area contributed by atoms with Crippen molar-refractivity contribution in [2.45, 2.75) is 11.9 Å². The van der Waals surface area contributed by atoms with Crippen LogP contribution in [0, 0.1) is 6.92 Å². The second kappa shape index (κ2) is 6.83. The number of thiocarbonyl (C=S) groups is 1. The Morgan fingerprint density at radius 1 is 1.25 bits per heavy atom. The number of thioether (sulfide) groups is 1. The number of methoxy groups -OCH3 is 1. The maximum Gasteiger partial charge on any atom is 0.142 e. The SMILES string of the molecule is COc1cccc(-c2nc3cc(C)ccn3c2SC(=S)N(C)C)c1. The topological polar surface area (TPSA) is 29.8 Å². The number of benzene rings is 1. The lowest BCUT2D eigenvalue weighted by Crippen LogP contribution is -2.16. The zero-order valence-corrected chi connectivity index (χ0v) is 15.7. The van der Waals surface area contributed by atoms with Crippen LogP contribution in [0.15, 0.2) is 47.6 Å². The van der Waals surface area contributed by atoms with Gasteiger partial charge >= 0.3 is 0 Å². The van der Waals surface area contributed by atoms with Crippen molar-refractivity contribution >= 4 is 33.9 Å². The highest BCUT2D eigenvalue weighted by molar-refractivity contribution is 8.22. The molecule has 3 rings (SSSR count). The van der Waals surface area contributed by atoms with E-state index in [-0.39, 0.29) is 0 Å². The summed E-state index contributed by atoms with van der Waals surface area (Å²) in [5.74, 6) is 0.812. The first-order chi connectivity index (χ1) is 11.5. The summed E-state index contributed by atoms with van der Waals surface area (Å²) in [4.78, 5) is 6.77. The van der Waals surface area contributed by atoms with Crippen molar-refractivity contribution in [2.24, 2.45) is 0 Å². The summed E-state index contributed by atoms with van der Waals surface area (Å²) in [6.45, 7) is 2.07. The third-order valence-electron chi connectivity index (χ3n) is 3.63. The Morgan fingerprint density at radius 2 is 2.04 bits per heavy atom. The molecule has 2 heterocycles. The van der Waals surface area contributed by atoms with Gasteiger partial charge in [0.2, 0.25) is 0 Å². The number of ether oxygens (including phenoxy) is 1. The van der Waals surface area contributed by atoms with E-state index in [1.54, 1.807) is 18.9 Å². The molecular formula is C18H19N3OS2. The average molecular weight is 358 g/mol. The monoisotopic (exact) mass is 357 g/mol. The summed E-state index contributed by atoms with van der Waals surface area (Å²) in [5.41, 5.74) is 4.02. The van der Waals surface area contributed by atoms with Gasteiger partial charge in [0.25, 0.3) is 0 Å². The van der Waals surface area contributed by atoms with Gasteiger partial charge in [0.1, 0.15) is 26.4 Å². The minimum Gasteiger partial charge on any atom is -0.497 e. The molecule has 0 fully saturated rings. The van der Waals surface area contributed by atoms with E-state index < -0.39 is 0 Å². The van der Waals surface area contributed by atoms with Crippen molar-refractivity contribution in [3.8, 4) is 17.0 Å². The number of pyridine rings is 1. The third kappa shape index (κ3) is 3.25. The van der Waals surface area contributed by atoms with Gasteiger partial charge in [-0.2, -0.15) is 0 Å². The Bertz CT molecular complexity index is 902. The minimum atomic E-state index is 0.793. The van der Waals surface area contributed by atoms with Crippen LogP contribution in [0.5, 0.6) is 5.75 Å². The highest BCUT2D eigenvalue weighted by Gasteiger charge is 2.17. The number of hydrogen-bond donors (Lipinski definition) is 0. The number of hydrogen-bond acceptors (Lipinski definition) is 4. The van der Waals surface area contributed by atoms with Gasteiger partial charge in [-0.05, 0) is 48.5 Å². The molecule has 2 aromatic heterocycles. The quantitative estimate of drug-likeness (QED) is 0.516. The van der Waals surface area contributed by atoms with Crippen LogP contribution in [0.1, 0.15) is 5.56 Å². The average Bonchev–Trinajstić information content (AvgIpc) is 2.92. The summed E-state index contributed by atoms with van der Waals surface area (Å²) in [5, 5.41) is 1.01. The molecule has 0 saturated carbocycles. The molecular weight excluding hydrogens is 338 g/mol. The van der Waals surface area contributed by atoms with E-state index in [1.807, 2.05) is 49.5 Å². The van der Waals surface area contributed by atoms with Gasteiger partial charge in [-0.1, -0.05) is 24.4 Å². The van der Waals surface area contributed by atoms with Gasteiger partial charge < -0.3 is 9.64 Å². The smallest absolute Gasteiger partial charge is 0.142 e. The fourth-order valence-electron chi connectivity index (χ4n) is 2.35. The molecule has 6 heteroatoms. The number of nitrogens with zero attached hydrogens (tertiary/aromatic N) is 3. The third-order valence-corrected chi connectivity index (χ3v) is 5.37. The van der Waals surface area contributed by atoms with Crippen LogP contribution in [0.25, 0.3) is 16.9 Å². The van der Waals surface area contributed by atoms with E-state index in [0.717, 1.165) is 32.0 Å². The van der Waals surface area contributed by atoms with Crippen LogP contribution >= 0.6 is 24.0 Å². The van der Waals surface area contributed by atoms with Gasteiger partial charge in [0.15, 0.2) is 0 Å². The molecule has 0 aliphatic carbocycles. The number of aryl methyl sites for hydroxylation is 1. The lowest BCUT2D eigenvalue weighted by atomic mass is 10.1. The van der Waals surface area contributed by atoms with Crippen molar-refractivity contribution in [3.05, 3.63) is 48.2 Å². The van der Waals surface area contributed by atoms with Crippen molar-refractivity contribution in [3.63, 3.8) is 0 Å². The Hall–Kier alpha value is -2.05. The van der Waals surface area contributed by atoms with Crippen LogP contribution in [-0.2, 0) is 0 Å². The summed E-state index contributed by atoms with van der Waals surface area (Å²) in [6, 6.07) is 12.1. The number of rotatable bonds is 3. The van der Waals surface area contributed by atoms with E-state index in [9.17, 15) is 0 Å². The predicted octanol–water partition coefficient (Wildman–Crippen LogP) is 4.26. The molecule has 0 saturated heterocycles. The summed E-state index contributed by atoms with van der Waals surface area (Å²) < 4.78 is 8.23. The molecule has 0 N–H and O–H groups in total. The maximum absolute atomic E-state index is 5.50. The Labute approximate surface area is 151 Å². The van der Waals surface area contributed by atoms with Crippen LogP contribution in [0.2, 0.25) is 0 Å². The van der Waals surface area contributed by atoms with Gasteiger partial charge in [-0.3, -0.25) is 4.40 Å². The molecule has 0 aliphatic heterocycles. The fourth-order valence-corrected chi connectivity index (χ4v) is 3.45. The van der Waals surface area contributed by atoms with Crippen molar-refractivity contribution in [2.75, 3.05) is 21.2 Å². The summed E-state index contributed by atoms with van der Waals surface area (Å²) in [7, 11) is 5.57. The van der Waals surface area contributed by atoms with E-state index in [4.69, 9.17) is 21.9 Å². The number of fused-ring (bicyclic) bond motifs is 1. The van der Waals surface area contributed by atoms with Crippen molar-refractivity contribution < 1.29 is 4.74 Å². The maximum atomic E-state index is 5.50. The zero-order chi connectivity index (χ0) is 17.3. The molecule has 4 nitrogen and oxygen atoms in total. The lowest BCUT2D eigenvalue weighted by molar-refractivity contribution is 0.415. The Balaban J connectivity index is 2.19. The Kier molecular flexibility index (Phi) is 4.78. The van der Waals surface area contributed by atoms with Gasteiger partial charge in [0.05, 0.1) is 7.11 Å². The van der Waals surface area contributed by atoms with Gasteiger partial charge in [-0.25, -0.2) is 4.98 Å². The molecule has 0 amide bonds. The molecule has 0 atom stereocenters. The van der Waals surface area contributed by atoms with Crippen LogP contribution in [0.3, 0.4) is 0 Å². The normalized spacial score (nSPS) is 10.8. The van der Waals surface area contributed by atoms with Crippen LogP contribution < -0.4 is 4.74 Å².